The molecule has 138 valence electrons. The van der Waals surface area contributed by atoms with Crippen molar-refractivity contribution < 1.29 is 9.59 Å². The molecular formula is C21H27N3O2. The van der Waals surface area contributed by atoms with Crippen LogP contribution in [0.4, 0.5) is 0 Å². The van der Waals surface area contributed by atoms with Crippen LogP contribution in [0, 0.1) is 0 Å². The Balaban J connectivity index is 1.49. The van der Waals surface area contributed by atoms with Crippen LogP contribution < -0.4 is 10.6 Å². The Morgan fingerprint density at radius 1 is 1.08 bits per heavy atom. The number of nitrogens with one attached hydrogen (secondary N) is 2. The van der Waals surface area contributed by atoms with Gasteiger partial charge in [0.05, 0.1) is 6.54 Å². The number of rotatable bonds is 6. The topological polar surface area (TPSA) is 61.4 Å². The van der Waals surface area contributed by atoms with Gasteiger partial charge in [0, 0.05) is 31.2 Å². The van der Waals surface area contributed by atoms with Gasteiger partial charge >= 0.3 is 0 Å². The smallest absolute Gasteiger partial charge is 0.251 e. The van der Waals surface area contributed by atoms with E-state index in [1.165, 1.54) is 0 Å². The number of hydrogen-bond acceptors (Lipinski definition) is 3. The van der Waals surface area contributed by atoms with Gasteiger partial charge in [-0.25, -0.2) is 0 Å². The van der Waals surface area contributed by atoms with E-state index in [0.717, 1.165) is 49.7 Å². The van der Waals surface area contributed by atoms with Crippen molar-refractivity contribution in [2.24, 2.45) is 0 Å². The molecule has 2 N–H and O–H groups in total. The summed E-state index contributed by atoms with van der Waals surface area (Å²) in [7, 11) is 0. The third-order valence-electron chi connectivity index (χ3n) is 4.87. The van der Waals surface area contributed by atoms with E-state index in [0.29, 0.717) is 12.1 Å². The summed E-state index contributed by atoms with van der Waals surface area (Å²) < 4.78 is 0. The first-order valence-electron chi connectivity index (χ1n) is 9.44. The third kappa shape index (κ3) is 4.82. The number of likely N-dealkylation sites (tertiary alicyclic amines) is 1. The average Bonchev–Trinajstić information content (AvgIpc) is 2.67. The largest absolute Gasteiger partial charge is 0.355 e. The first kappa shape index (κ1) is 18.4. The molecule has 0 unspecified atom stereocenters. The predicted octanol–water partition coefficient (Wildman–Crippen LogP) is 2.56. The summed E-state index contributed by atoms with van der Waals surface area (Å²) in [5.41, 5.74) is 0.699. The molecule has 1 aliphatic heterocycles. The lowest BCUT2D eigenvalue weighted by atomic mass is 10.0. The van der Waals surface area contributed by atoms with Crippen LogP contribution in [0.1, 0.15) is 36.5 Å². The van der Waals surface area contributed by atoms with E-state index in [-0.39, 0.29) is 17.9 Å². The zero-order chi connectivity index (χ0) is 18.4. The fourth-order valence-corrected chi connectivity index (χ4v) is 3.36. The Labute approximate surface area is 154 Å². The highest BCUT2D eigenvalue weighted by Gasteiger charge is 2.22. The maximum Gasteiger partial charge on any atom is 0.251 e. The van der Waals surface area contributed by atoms with Crippen molar-refractivity contribution in [3.05, 3.63) is 48.0 Å². The highest BCUT2D eigenvalue weighted by Crippen LogP contribution is 2.16. The number of carbonyl (C=O) groups excluding carboxylic acids is 2. The lowest BCUT2D eigenvalue weighted by Crippen LogP contribution is -2.47. The van der Waals surface area contributed by atoms with Crippen molar-refractivity contribution in [2.75, 3.05) is 26.2 Å². The monoisotopic (exact) mass is 353 g/mol. The van der Waals surface area contributed by atoms with Crippen molar-refractivity contribution in [1.29, 1.82) is 0 Å². The van der Waals surface area contributed by atoms with Crippen molar-refractivity contribution in [2.45, 2.75) is 32.2 Å². The zero-order valence-corrected chi connectivity index (χ0v) is 15.3. The van der Waals surface area contributed by atoms with Crippen LogP contribution in [0.5, 0.6) is 0 Å². The Morgan fingerprint density at radius 3 is 2.54 bits per heavy atom. The van der Waals surface area contributed by atoms with Crippen LogP contribution in [0.3, 0.4) is 0 Å². The molecule has 1 fully saturated rings. The van der Waals surface area contributed by atoms with E-state index >= 15 is 0 Å². The van der Waals surface area contributed by atoms with Crippen molar-refractivity contribution in [3.8, 4) is 0 Å². The summed E-state index contributed by atoms with van der Waals surface area (Å²) in [5.74, 6) is 0.0698. The van der Waals surface area contributed by atoms with Gasteiger partial charge in [-0.1, -0.05) is 37.3 Å². The van der Waals surface area contributed by atoms with E-state index in [1.807, 2.05) is 49.4 Å². The van der Waals surface area contributed by atoms with Gasteiger partial charge in [-0.3, -0.25) is 14.5 Å². The normalized spacial score (nSPS) is 15.7. The minimum Gasteiger partial charge on any atom is -0.355 e. The summed E-state index contributed by atoms with van der Waals surface area (Å²) in [6, 6.07) is 14.0. The Bertz CT molecular complexity index is 767. The molecule has 2 aromatic carbocycles. The fourth-order valence-electron chi connectivity index (χ4n) is 3.36. The lowest BCUT2D eigenvalue weighted by Gasteiger charge is -2.31. The van der Waals surface area contributed by atoms with E-state index in [9.17, 15) is 9.59 Å². The summed E-state index contributed by atoms with van der Waals surface area (Å²) in [4.78, 5) is 26.5. The molecule has 1 aliphatic rings. The molecule has 3 rings (SSSR count). The second-order valence-electron chi connectivity index (χ2n) is 6.94. The maximum atomic E-state index is 12.5. The van der Waals surface area contributed by atoms with Gasteiger partial charge in [-0.05, 0) is 42.2 Å². The van der Waals surface area contributed by atoms with Gasteiger partial charge in [0.25, 0.3) is 5.91 Å². The second-order valence-corrected chi connectivity index (χ2v) is 6.94. The zero-order valence-electron chi connectivity index (χ0n) is 15.3. The van der Waals surface area contributed by atoms with Gasteiger partial charge in [0.1, 0.15) is 0 Å². The first-order chi connectivity index (χ1) is 12.7. The quantitative estimate of drug-likeness (QED) is 0.839. The molecule has 1 heterocycles. The molecule has 5 nitrogen and oxygen atoms in total. The molecule has 5 heteroatoms. The summed E-state index contributed by atoms with van der Waals surface area (Å²) >= 11 is 0. The van der Waals surface area contributed by atoms with Gasteiger partial charge in [0.15, 0.2) is 0 Å². The number of fused-ring (bicyclic) bond motifs is 1. The number of piperidine rings is 1. The van der Waals surface area contributed by atoms with Crippen LogP contribution in [0.15, 0.2) is 42.5 Å². The summed E-state index contributed by atoms with van der Waals surface area (Å²) in [6.45, 7) is 4.90. The van der Waals surface area contributed by atoms with Gasteiger partial charge in [-0.2, -0.15) is 0 Å². The number of benzene rings is 2. The molecule has 0 radical (unpaired) electrons. The van der Waals surface area contributed by atoms with Crippen molar-refractivity contribution in [3.63, 3.8) is 0 Å². The van der Waals surface area contributed by atoms with Gasteiger partial charge in [0.2, 0.25) is 5.91 Å². The Kier molecular flexibility index (Phi) is 6.23. The van der Waals surface area contributed by atoms with Crippen LogP contribution in [0.25, 0.3) is 10.8 Å². The van der Waals surface area contributed by atoms with Crippen LogP contribution >= 0.6 is 0 Å². The average molecular weight is 353 g/mol. The first-order valence-corrected chi connectivity index (χ1v) is 9.44. The predicted molar refractivity (Wildman–Crippen MR) is 104 cm³/mol. The third-order valence-corrected chi connectivity index (χ3v) is 4.87. The molecule has 0 atom stereocenters. The highest BCUT2D eigenvalue weighted by molar-refractivity contribution is 5.98. The fraction of sp³-hybridized carbons (Fsp3) is 0.429. The standard InChI is InChI=1S/C21H27N3O2/c1-2-11-22-20(25)15-24-12-9-19(10-13-24)23-21(26)18-8-7-16-5-3-4-6-17(16)14-18/h3-8,14,19H,2,9-13,15H2,1H3,(H,22,25)(H,23,26). The minimum atomic E-state index is -0.0186. The molecule has 26 heavy (non-hydrogen) atoms. The molecule has 1 saturated heterocycles. The van der Waals surface area contributed by atoms with Crippen molar-refractivity contribution >= 4 is 22.6 Å². The molecular weight excluding hydrogens is 326 g/mol. The highest BCUT2D eigenvalue weighted by atomic mass is 16.2. The molecule has 0 aliphatic carbocycles. The number of amides is 2. The Morgan fingerprint density at radius 2 is 1.81 bits per heavy atom. The Hall–Kier alpha value is -2.40. The molecule has 0 aromatic heterocycles. The van der Waals surface area contributed by atoms with Gasteiger partial charge in [-0.15, -0.1) is 0 Å². The number of hydrogen-bond donors (Lipinski definition) is 2. The molecule has 0 spiro atoms. The summed E-state index contributed by atoms with van der Waals surface area (Å²) in [5, 5.41) is 8.27. The van der Waals surface area contributed by atoms with Crippen LogP contribution in [-0.2, 0) is 4.79 Å². The van der Waals surface area contributed by atoms with Gasteiger partial charge < -0.3 is 10.6 Å². The van der Waals surface area contributed by atoms with E-state index < -0.39 is 0 Å². The minimum absolute atomic E-state index is 0.0186. The second kappa shape index (κ2) is 8.81. The molecule has 0 saturated carbocycles. The molecule has 2 aromatic rings. The maximum absolute atomic E-state index is 12.5. The van der Waals surface area contributed by atoms with E-state index in [2.05, 4.69) is 15.5 Å². The summed E-state index contributed by atoms with van der Waals surface area (Å²) in [6.07, 6.45) is 2.70. The SMILES string of the molecule is CCCNC(=O)CN1CCC(NC(=O)c2ccc3ccccc3c2)CC1. The number of carbonyl (C=O) groups is 2. The number of nitrogens with zero attached hydrogens (tertiary/aromatic N) is 1. The van der Waals surface area contributed by atoms with Crippen LogP contribution in [-0.4, -0.2) is 48.9 Å². The lowest BCUT2D eigenvalue weighted by molar-refractivity contribution is -0.122. The van der Waals surface area contributed by atoms with E-state index in [4.69, 9.17) is 0 Å². The van der Waals surface area contributed by atoms with E-state index in [1.54, 1.807) is 0 Å². The van der Waals surface area contributed by atoms with Crippen LogP contribution in [0.2, 0.25) is 0 Å². The van der Waals surface area contributed by atoms with Crippen molar-refractivity contribution in [1.82, 2.24) is 15.5 Å². The molecule has 2 amide bonds. The molecule has 0 bridgehead atoms.